The summed E-state index contributed by atoms with van der Waals surface area (Å²) in [5.41, 5.74) is 1.22. The molecule has 7 heteroatoms. The molecule has 1 aromatic carbocycles. The Hall–Kier alpha value is -2.02. The van der Waals surface area contributed by atoms with E-state index in [1.54, 1.807) is 0 Å². The van der Waals surface area contributed by atoms with Crippen molar-refractivity contribution in [2.45, 2.75) is 37.9 Å². The van der Waals surface area contributed by atoms with Crippen LogP contribution in [0.3, 0.4) is 0 Å². The summed E-state index contributed by atoms with van der Waals surface area (Å²) in [6.07, 6.45) is 1.91. The summed E-state index contributed by atoms with van der Waals surface area (Å²) in [6.45, 7) is 5.38. The smallest absolute Gasteiger partial charge is 0.233 e. The molecular formula is C17H22N4O2S. The molecule has 1 amide bonds. The van der Waals surface area contributed by atoms with Gasteiger partial charge in [-0.2, -0.15) is 0 Å². The maximum atomic E-state index is 12.3. The number of nitrogens with zero attached hydrogens (tertiary/aromatic N) is 3. The standard InChI is InChI=1S/C17H22N4O2S/c1-12-3-5-14(6-4-12)23-15-7-9-21(10-8-15)16(22)11-24-17-18-13(2)19-20-17/h3-6,15H,7-11H2,1-2H3,(H,18,19,20). The molecular weight excluding hydrogens is 324 g/mol. The van der Waals surface area contributed by atoms with E-state index >= 15 is 0 Å². The number of thioether (sulfide) groups is 1. The molecule has 3 rings (SSSR count). The van der Waals surface area contributed by atoms with Gasteiger partial charge in [0.05, 0.1) is 5.75 Å². The fourth-order valence-electron chi connectivity index (χ4n) is 2.64. The van der Waals surface area contributed by atoms with Crippen molar-refractivity contribution < 1.29 is 9.53 Å². The number of amides is 1. The SMILES string of the molecule is Cc1ccc(OC2CCN(C(=O)CSc3n[nH]c(C)n3)CC2)cc1. The molecule has 2 heterocycles. The average Bonchev–Trinajstić information content (AvgIpc) is 3.01. The van der Waals surface area contributed by atoms with Gasteiger partial charge in [-0.25, -0.2) is 4.98 Å². The van der Waals surface area contributed by atoms with Crippen molar-refractivity contribution in [2.24, 2.45) is 0 Å². The highest BCUT2D eigenvalue weighted by atomic mass is 32.2. The first-order chi connectivity index (χ1) is 11.6. The lowest BCUT2D eigenvalue weighted by molar-refractivity contribution is -0.130. The zero-order valence-corrected chi connectivity index (χ0v) is 14.8. The van der Waals surface area contributed by atoms with Crippen LogP contribution in [0.25, 0.3) is 0 Å². The number of aromatic amines is 1. The van der Waals surface area contributed by atoms with Gasteiger partial charge in [0.2, 0.25) is 11.1 Å². The predicted molar refractivity (Wildman–Crippen MR) is 93.3 cm³/mol. The van der Waals surface area contributed by atoms with Crippen LogP contribution in [0.1, 0.15) is 24.2 Å². The number of aromatic nitrogens is 3. The molecule has 0 atom stereocenters. The average molecular weight is 346 g/mol. The molecule has 0 radical (unpaired) electrons. The quantitative estimate of drug-likeness (QED) is 0.843. The van der Waals surface area contributed by atoms with Gasteiger partial charge in [0.25, 0.3) is 0 Å². The van der Waals surface area contributed by atoms with Crippen LogP contribution in [0, 0.1) is 13.8 Å². The van der Waals surface area contributed by atoms with Crippen molar-refractivity contribution in [3.8, 4) is 5.75 Å². The zero-order chi connectivity index (χ0) is 16.9. The summed E-state index contributed by atoms with van der Waals surface area (Å²) in [5.74, 6) is 2.18. The highest BCUT2D eigenvalue weighted by Crippen LogP contribution is 2.20. The summed E-state index contributed by atoms with van der Waals surface area (Å²) < 4.78 is 6.00. The van der Waals surface area contributed by atoms with Gasteiger partial charge >= 0.3 is 0 Å². The van der Waals surface area contributed by atoms with Gasteiger partial charge in [-0.05, 0) is 26.0 Å². The zero-order valence-electron chi connectivity index (χ0n) is 14.0. The summed E-state index contributed by atoms with van der Waals surface area (Å²) in [4.78, 5) is 18.4. The van der Waals surface area contributed by atoms with E-state index in [9.17, 15) is 4.79 Å². The van der Waals surface area contributed by atoms with Gasteiger partial charge in [-0.3, -0.25) is 9.89 Å². The molecule has 0 bridgehead atoms. The van der Waals surface area contributed by atoms with Crippen molar-refractivity contribution in [1.29, 1.82) is 0 Å². The number of piperidine rings is 1. The Balaban J connectivity index is 1.42. The number of carbonyl (C=O) groups excluding carboxylic acids is 1. The van der Waals surface area contributed by atoms with Crippen molar-refractivity contribution >= 4 is 17.7 Å². The number of benzene rings is 1. The third-order valence-corrected chi connectivity index (χ3v) is 4.85. The van der Waals surface area contributed by atoms with E-state index < -0.39 is 0 Å². The highest BCUT2D eigenvalue weighted by Gasteiger charge is 2.24. The van der Waals surface area contributed by atoms with Gasteiger partial charge in [-0.1, -0.05) is 29.5 Å². The van der Waals surface area contributed by atoms with Crippen LogP contribution >= 0.6 is 11.8 Å². The van der Waals surface area contributed by atoms with E-state index in [0.717, 1.165) is 37.5 Å². The number of likely N-dealkylation sites (tertiary alicyclic amines) is 1. The number of rotatable bonds is 5. The summed E-state index contributed by atoms with van der Waals surface area (Å²) in [7, 11) is 0. The second-order valence-corrected chi connectivity index (χ2v) is 6.95. The molecule has 1 fully saturated rings. The molecule has 2 aromatic rings. The molecule has 1 saturated heterocycles. The number of H-pyrrole nitrogens is 1. The minimum Gasteiger partial charge on any atom is -0.490 e. The number of aryl methyl sites for hydroxylation is 2. The Morgan fingerprint density at radius 2 is 2.00 bits per heavy atom. The predicted octanol–water partition coefficient (Wildman–Crippen LogP) is 2.58. The van der Waals surface area contributed by atoms with Gasteiger partial charge in [0.15, 0.2) is 0 Å². The summed E-state index contributed by atoms with van der Waals surface area (Å²) in [5, 5.41) is 7.44. The number of ether oxygens (including phenoxy) is 1. The Morgan fingerprint density at radius 3 is 2.62 bits per heavy atom. The fraction of sp³-hybridized carbons (Fsp3) is 0.471. The lowest BCUT2D eigenvalue weighted by atomic mass is 10.1. The van der Waals surface area contributed by atoms with Crippen molar-refractivity contribution in [3.05, 3.63) is 35.7 Å². The second kappa shape index (κ2) is 7.70. The van der Waals surface area contributed by atoms with Gasteiger partial charge < -0.3 is 9.64 Å². The molecule has 1 aromatic heterocycles. The third kappa shape index (κ3) is 4.50. The van der Waals surface area contributed by atoms with E-state index in [-0.39, 0.29) is 12.0 Å². The number of carbonyl (C=O) groups is 1. The number of hydrogen-bond acceptors (Lipinski definition) is 5. The van der Waals surface area contributed by atoms with Crippen LogP contribution in [0.2, 0.25) is 0 Å². The lowest BCUT2D eigenvalue weighted by Crippen LogP contribution is -2.42. The topological polar surface area (TPSA) is 71.1 Å². The first kappa shape index (κ1) is 16.8. The molecule has 0 unspecified atom stereocenters. The largest absolute Gasteiger partial charge is 0.490 e. The minimum absolute atomic E-state index is 0.135. The lowest BCUT2D eigenvalue weighted by Gasteiger charge is -2.32. The van der Waals surface area contributed by atoms with Crippen molar-refractivity contribution in [3.63, 3.8) is 0 Å². The Labute approximate surface area is 146 Å². The Bertz CT molecular complexity index is 678. The van der Waals surface area contributed by atoms with E-state index in [0.29, 0.717) is 10.9 Å². The summed E-state index contributed by atoms with van der Waals surface area (Å²) >= 11 is 1.37. The number of hydrogen-bond donors (Lipinski definition) is 1. The molecule has 0 saturated carbocycles. The molecule has 1 aliphatic rings. The van der Waals surface area contributed by atoms with Gasteiger partial charge in [0, 0.05) is 25.9 Å². The molecule has 1 N–H and O–H groups in total. The van der Waals surface area contributed by atoms with Crippen molar-refractivity contribution in [1.82, 2.24) is 20.1 Å². The first-order valence-corrected chi connectivity index (χ1v) is 9.11. The maximum Gasteiger partial charge on any atom is 0.233 e. The molecule has 0 spiro atoms. The second-order valence-electron chi connectivity index (χ2n) is 6.00. The van der Waals surface area contributed by atoms with Gasteiger partial charge in [-0.15, -0.1) is 5.10 Å². The number of nitrogens with one attached hydrogen (secondary N) is 1. The van der Waals surface area contributed by atoms with E-state index in [2.05, 4.69) is 34.2 Å². The fourth-order valence-corrected chi connectivity index (χ4v) is 3.38. The molecule has 6 nitrogen and oxygen atoms in total. The van der Waals surface area contributed by atoms with Crippen LogP contribution in [-0.2, 0) is 4.79 Å². The molecule has 128 valence electrons. The summed E-state index contributed by atoms with van der Waals surface area (Å²) in [6, 6.07) is 8.11. The monoisotopic (exact) mass is 346 g/mol. The molecule has 24 heavy (non-hydrogen) atoms. The van der Waals surface area contributed by atoms with Gasteiger partial charge in [0.1, 0.15) is 17.7 Å². The van der Waals surface area contributed by atoms with Crippen LogP contribution < -0.4 is 4.74 Å². The van der Waals surface area contributed by atoms with Crippen molar-refractivity contribution in [2.75, 3.05) is 18.8 Å². The third-order valence-electron chi connectivity index (χ3n) is 4.02. The van der Waals surface area contributed by atoms with Crippen LogP contribution in [0.5, 0.6) is 5.75 Å². The molecule has 0 aliphatic carbocycles. The first-order valence-electron chi connectivity index (χ1n) is 8.13. The van der Waals surface area contributed by atoms with E-state index in [1.807, 2.05) is 24.0 Å². The van der Waals surface area contributed by atoms with E-state index in [4.69, 9.17) is 4.74 Å². The molecule has 1 aliphatic heterocycles. The van der Waals surface area contributed by atoms with Crippen LogP contribution in [-0.4, -0.2) is 50.9 Å². The normalized spacial score (nSPS) is 15.5. The van der Waals surface area contributed by atoms with Crippen LogP contribution in [0.4, 0.5) is 0 Å². The maximum absolute atomic E-state index is 12.3. The Morgan fingerprint density at radius 1 is 1.29 bits per heavy atom. The van der Waals surface area contributed by atoms with E-state index in [1.165, 1.54) is 17.3 Å². The highest BCUT2D eigenvalue weighted by molar-refractivity contribution is 7.99. The van der Waals surface area contributed by atoms with Crippen LogP contribution in [0.15, 0.2) is 29.4 Å². The Kier molecular flexibility index (Phi) is 5.40. The minimum atomic E-state index is 0.135.